The normalized spacial score (nSPS) is 13.0. The average molecular weight is 379 g/mol. The minimum absolute atomic E-state index is 0. The molecule has 0 radical (unpaired) electrons. The van der Waals surface area contributed by atoms with Gasteiger partial charge in [0.05, 0.1) is 5.90 Å². The van der Waals surface area contributed by atoms with Gasteiger partial charge in [0, 0.05) is 6.16 Å². The van der Waals surface area contributed by atoms with Crippen molar-refractivity contribution in [1.29, 1.82) is 0 Å². The average Bonchev–Trinajstić information content (AvgIpc) is 2.23. The monoisotopic (exact) mass is 379 g/mol. The minimum atomic E-state index is -4.89. The van der Waals surface area contributed by atoms with Crippen LogP contribution in [0.1, 0.15) is 51.4 Å². The van der Waals surface area contributed by atoms with Crippen molar-refractivity contribution in [1.82, 2.24) is 0 Å². The molecule has 0 amide bonds. The number of hydrogen-bond acceptors (Lipinski definition) is 4. The maximum atomic E-state index is 11.4. The van der Waals surface area contributed by atoms with E-state index in [1.807, 2.05) is 6.08 Å². The smallest absolute Gasteiger partial charge is 0.810 e. The summed E-state index contributed by atoms with van der Waals surface area (Å²) in [6.45, 7) is 3.65. The second kappa shape index (κ2) is 18.9. The van der Waals surface area contributed by atoms with Gasteiger partial charge in [-0.2, -0.15) is 0 Å². The SMILES string of the molecule is C=CCCCCCCCCCP(=O)(O)CP(=O)([O-])[O-].[Na+].[Na+].[Na+]. The standard InChI is InChI=1S/C12H26O5P2.3Na/c1-2-3-4-5-6-7-8-9-10-11-18(13,14)12-19(15,16)17;;;/h2H,1,3-12H2,(H,13,14)(H2,15,16,17);;;/q;3*+1/p-2. The summed E-state index contributed by atoms with van der Waals surface area (Å²) in [6, 6.07) is 0. The molecule has 1 unspecified atom stereocenters. The first kappa shape index (κ1) is 32.7. The molecule has 0 heterocycles. The summed E-state index contributed by atoms with van der Waals surface area (Å²) in [5.41, 5.74) is 0. The van der Waals surface area contributed by atoms with Gasteiger partial charge >= 0.3 is 88.7 Å². The fraction of sp³-hybridized carbons (Fsp3) is 0.833. The predicted octanol–water partition coefficient (Wildman–Crippen LogP) is -6.55. The van der Waals surface area contributed by atoms with Crippen LogP contribution in [-0.2, 0) is 9.13 Å². The molecule has 22 heavy (non-hydrogen) atoms. The van der Waals surface area contributed by atoms with Gasteiger partial charge in [-0.05, 0) is 19.3 Å². The van der Waals surface area contributed by atoms with Gasteiger partial charge in [-0.3, -0.25) is 4.57 Å². The topological polar surface area (TPSA) is 100 Å². The molecule has 0 fully saturated rings. The molecule has 0 bridgehead atoms. The third-order valence-electron chi connectivity index (χ3n) is 2.81. The van der Waals surface area contributed by atoms with Crippen LogP contribution >= 0.6 is 15.0 Å². The first-order valence-corrected chi connectivity index (χ1v) is 10.5. The zero-order chi connectivity index (χ0) is 14.8. The molecule has 114 valence electrons. The molecule has 0 spiro atoms. The quantitative estimate of drug-likeness (QED) is 0.157. The predicted molar refractivity (Wildman–Crippen MR) is 74.3 cm³/mol. The van der Waals surface area contributed by atoms with E-state index in [1.165, 1.54) is 6.42 Å². The fourth-order valence-electron chi connectivity index (χ4n) is 1.87. The van der Waals surface area contributed by atoms with Gasteiger partial charge in [0.25, 0.3) is 0 Å². The number of unbranched alkanes of at least 4 members (excludes halogenated alkanes) is 7. The molecule has 0 aromatic rings. The Labute approximate surface area is 201 Å². The minimum Gasteiger partial charge on any atom is -0.810 e. The maximum absolute atomic E-state index is 11.4. The molecule has 0 saturated heterocycles. The second-order valence-electron chi connectivity index (χ2n) is 4.87. The van der Waals surface area contributed by atoms with Crippen LogP contribution in [-0.4, -0.2) is 17.0 Å². The number of rotatable bonds is 12. The first-order valence-electron chi connectivity index (χ1n) is 6.70. The van der Waals surface area contributed by atoms with Crippen molar-refractivity contribution in [3.63, 3.8) is 0 Å². The van der Waals surface area contributed by atoms with Crippen molar-refractivity contribution >= 4 is 15.0 Å². The van der Waals surface area contributed by atoms with E-state index in [0.717, 1.165) is 38.5 Å². The molecule has 0 rings (SSSR count). The molecule has 1 N–H and O–H groups in total. The summed E-state index contributed by atoms with van der Waals surface area (Å²) >= 11 is 0. The number of allylic oxidation sites excluding steroid dienone is 1. The second-order valence-corrected chi connectivity index (χ2v) is 9.37. The summed E-state index contributed by atoms with van der Waals surface area (Å²) in [5, 5.41) is 0. The largest absolute Gasteiger partial charge is 1.00 e. The number of hydrogen-bond donors (Lipinski definition) is 1. The molecule has 0 aromatic heterocycles. The van der Waals surface area contributed by atoms with Crippen molar-refractivity contribution < 1.29 is 112 Å². The van der Waals surface area contributed by atoms with E-state index in [1.54, 1.807) is 0 Å². The Kier molecular flexibility index (Phi) is 28.1. The van der Waals surface area contributed by atoms with E-state index >= 15 is 0 Å². The van der Waals surface area contributed by atoms with Crippen molar-refractivity contribution in [2.24, 2.45) is 0 Å². The Morgan fingerprint density at radius 2 is 1.27 bits per heavy atom. The van der Waals surface area contributed by atoms with Gasteiger partial charge in [0.2, 0.25) is 7.37 Å². The van der Waals surface area contributed by atoms with Crippen LogP contribution in [0, 0.1) is 0 Å². The first-order chi connectivity index (χ1) is 8.77. The molecule has 0 saturated carbocycles. The summed E-state index contributed by atoms with van der Waals surface area (Å²) in [5.74, 6) is -1.11. The Morgan fingerprint density at radius 1 is 0.864 bits per heavy atom. The summed E-state index contributed by atoms with van der Waals surface area (Å²) in [7, 11) is -8.67. The van der Waals surface area contributed by atoms with E-state index in [2.05, 4.69) is 6.58 Å². The van der Waals surface area contributed by atoms with Crippen molar-refractivity contribution in [3.05, 3.63) is 12.7 Å². The van der Waals surface area contributed by atoms with Gasteiger partial charge in [-0.15, -0.1) is 6.58 Å². The zero-order valence-electron chi connectivity index (χ0n) is 14.3. The van der Waals surface area contributed by atoms with Gasteiger partial charge in [0.1, 0.15) is 0 Å². The van der Waals surface area contributed by atoms with Gasteiger partial charge < -0.3 is 19.2 Å². The molecular formula is C12H24Na3O5P2+. The Balaban J connectivity index is -0.000000540. The summed E-state index contributed by atoms with van der Waals surface area (Å²) in [4.78, 5) is 30.2. The Morgan fingerprint density at radius 3 is 1.68 bits per heavy atom. The summed E-state index contributed by atoms with van der Waals surface area (Å²) in [6.07, 6.45) is 9.68. The van der Waals surface area contributed by atoms with Crippen molar-refractivity contribution in [3.8, 4) is 0 Å². The van der Waals surface area contributed by atoms with Gasteiger partial charge in [-0.1, -0.05) is 45.8 Å². The fourth-order valence-corrected chi connectivity index (χ4v) is 5.32. The van der Waals surface area contributed by atoms with Crippen LogP contribution < -0.4 is 98.5 Å². The van der Waals surface area contributed by atoms with Gasteiger partial charge in [-0.25, -0.2) is 0 Å². The zero-order valence-corrected chi connectivity index (χ0v) is 22.1. The molecule has 0 aromatic carbocycles. The molecule has 10 heteroatoms. The Bertz CT molecular complexity index is 350. The van der Waals surface area contributed by atoms with Crippen LogP contribution in [0.2, 0.25) is 0 Å². The van der Waals surface area contributed by atoms with Crippen LogP contribution in [0.3, 0.4) is 0 Å². The van der Waals surface area contributed by atoms with Crippen LogP contribution in [0.15, 0.2) is 12.7 Å². The molecular weight excluding hydrogens is 355 g/mol. The van der Waals surface area contributed by atoms with Crippen LogP contribution in [0.5, 0.6) is 0 Å². The van der Waals surface area contributed by atoms with Crippen molar-refractivity contribution in [2.45, 2.75) is 51.4 Å². The Hall–Kier alpha value is 3.08. The van der Waals surface area contributed by atoms with Crippen LogP contribution in [0.25, 0.3) is 0 Å². The summed E-state index contributed by atoms with van der Waals surface area (Å²) < 4.78 is 21.9. The van der Waals surface area contributed by atoms with Gasteiger partial charge in [0.15, 0.2) is 0 Å². The van der Waals surface area contributed by atoms with E-state index in [0.29, 0.717) is 6.42 Å². The molecule has 5 nitrogen and oxygen atoms in total. The third-order valence-corrected chi connectivity index (χ3v) is 6.98. The van der Waals surface area contributed by atoms with E-state index < -0.39 is 20.9 Å². The van der Waals surface area contributed by atoms with E-state index in [9.17, 15) is 23.8 Å². The van der Waals surface area contributed by atoms with E-state index in [-0.39, 0.29) is 94.8 Å². The molecule has 0 aliphatic heterocycles. The molecule has 0 aliphatic rings. The third kappa shape index (κ3) is 25.3. The maximum Gasteiger partial charge on any atom is 1.00 e. The molecule has 1 atom stereocenters. The molecule has 0 aliphatic carbocycles. The van der Waals surface area contributed by atoms with Crippen LogP contribution in [0.4, 0.5) is 0 Å². The van der Waals surface area contributed by atoms with E-state index in [4.69, 9.17) is 0 Å². The van der Waals surface area contributed by atoms with Crippen molar-refractivity contribution in [2.75, 3.05) is 12.1 Å².